The van der Waals surface area contributed by atoms with E-state index in [-0.39, 0.29) is 43.4 Å². The number of rotatable bonds is 13. The molecule has 0 bridgehead atoms. The van der Waals surface area contributed by atoms with Crippen LogP contribution in [0, 0.1) is 11.6 Å². The van der Waals surface area contributed by atoms with Crippen LogP contribution in [0.2, 0.25) is 0 Å². The first-order chi connectivity index (χ1) is 16.6. The lowest BCUT2D eigenvalue weighted by atomic mass is 10.1. The topological polar surface area (TPSA) is 86.8 Å². The van der Waals surface area contributed by atoms with Gasteiger partial charge in [0.1, 0.15) is 6.04 Å². The Morgan fingerprint density at radius 1 is 1.03 bits per heavy atom. The summed E-state index contributed by atoms with van der Waals surface area (Å²) in [6, 6.07) is 11.5. The van der Waals surface area contributed by atoms with Gasteiger partial charge in [0.25, 0.3) is 0 Å². The fourth-order valence-corrected chi connectivity index (χ4v) is 4.67. The summed E-state index contributed by atoms with van der Waals surface area (Å²) in [6.45, 7) is 4.40. The molecule has 0 saturated carbocycles. The Morgan fingerprint density at radius 3 is 2.29 bits per heavy atom. The van der Waals surface area contributed by atoms with Crippen LogP contribution >= 0.6 is 0 Å². The second kappa shape index (κ2) is 13.2. The van der Waals surface area contributed by atoms with Gasteiger partial charge in [0, 0.05) is 32.1 Å². The van der Waals surface area contributed by atoms with Crippen molar-refractivity contribution in [2.75, 3.05) is 23.7 Å². The van der Waals surface area contributed by atoms with E-state index < -0.39 is 27.7 Å². The first kappa shape index (κ1) is 28.2. The lowest BCUT2D eigenvalue weighted by molar-refractivity contribution is -0.141. The SMILES string of the molecule is CCCNC(=O)C(CC)N(Cc1ccccc1)C(=O)CCCN(c1ccc(F)c(F)c1)S(C)(=O)=O. The Hall–Kier alpha value is -3.01. The van der Waals surface area contributed by atoms with Crippen LogP contribution in [0.5, 0.6) is 0 Å². The predicted octanol–water partition coefficient (Wildman–Crippen LogP) is 3.84. The van der Waals surface area contributed by atoms with E-state index in [0.717, 1.165) is 34.7 Å². The Kier molecular flexibility index (Phi) is 10.6. The van der Waals surface area contributed by atoms with E-state index in [2.05, 4.69) is 5.32 Å². The van der Waals surface area contributed by atoms with Crippen LogP contribution in [0.3, 0.4) is 0 Å². The van der Waals surface area contributed by atoms with Crippen molar-refractivity contribution in [1.82, 2.24) is 10.2 Å². The number of sulfonamides is 1. The highest BCUT2D eigenvalue weighted by Crippen LogP contribution is 2.22. The molecular formula is C25H33F2N3O4S. The van der Waals surface area contributed by atoms with E-state index in [9.17, 15) is 26.8 Å². The third-order valence-electron chi connectivity index (χ3n) is 5.47. The molecule has 7 nitrogen and oxygen atoms in total. The predicted molar refractivity (Wildman–Crippen MR) is 132 cm³/mol. The van der Waals surface area contributed by atoms with Crippen LogP contribution in [-0.2, 0) is 26.2 Å². The lowest BCUT2D eigenvalue weighted by Crippen LogP contribution is -2.49. The van der Waals surface area contributed by atoms with Crippen molar-refractivity contribution in [1.29, 1.82) is 0 Å². The number of benzene rings is 2. The maximum Gasteiger partial charge on any atom is 0.242 e. The van der Waals surface area contributed by atoms with Gasteiger partial charge in [-0.2, -0.15) is 0 Å². The normalized spacial score (nSPS) is 12.1. The van der Waals surface area contributed by atoms with Gasteiger partial charge in [-0.15, -0.1) is 0 Å². The van der Waals surface area contributed by atoms with Crippen LogP contribution in [0.15, 0.2) is 48.5 Å². The third-order valence-corrected chi connectivity index (χ3v) is 6.67. The molecule has 0 heterocycles. The molecule has 0 aliphatic rings. The number of anilines is 1. The van der Waals surface area contributed by atoms with Gasteiger partial charge in [0.05, 0.1) is 11.9 Å². The first-order valence-electron chi connectivity index (χ1n) is 11.6. The van der Waals surface area contributed by atoms with Gasteiger partial charge >= 0.3 is 0 Å². The zero-order chi connectivity index (χ0) is 26.0. The number of hydrogen-bond acceptors (Lipinski definition) is 4. The quantitative estimate of drug-likeness (QED) is 0.445. The van der Waals surface area contributed by atoms with Crippen molar-refractivity contribution < 1.29 is 26.8 Å². The number of halogens is 2. The second-order valence-corrected chi connectivity index (χ2v) is 10.2. The van der Waals surface area contributed by atoms with Crippen molar-refractivity contribution in [2.24, 2.45) is 0 Å². The molecule has 10 heteroatoms. The van der Waals surface area contributed by atoms with E-state index in [4.69, 9.17) is 0 Å². The fraction of sp³-hybridized carbons (Fsp3) is 0.440. The summed E-state index contributed by atoms with van der Waals surface area (Å²) in [4.78, 5) is 27.5. The smallest absolute Gasteiger partial charge is 0.242 e. The molecule has 1 unspecified atom stereocenters. The lowest BCUT2D eigenvalue weighted by Gasteiger charge is -2.31. The molecule has 2 aromatic rings. The average molecular weight is 510 g/mol. The van der Waals surface area contributed by atoms with E-state index in [1.165, 1.54) is 11.0 Å². The van der Waals surface area contributed by atoms with Crippen molar-refractivity contribution in [3.63, 3.8) is 0 Å². The maximum atomic E-state index is 13.7. The van der Waals surface area contributed by atoms with Gasteiger partial charge in [0.15, 0.2) is 11.6 Å². The van der Waals surface area contributed by atoms with Gasteiger partial charge in [0.2, 0.25) is 21.8 Å². The molecule has 0 radical (unpaired) electrons. The van der Waals surface area contributed by atoms with Crippen LogP contribution in [0.1, 0.15) is 45.1 Å². The number of amides is 2. The van der Waals surface area contributed by atoms with E-state index >= 15 is 0 Å². The number of nitrogens with one attached hydrogen (secondary N) is 1. The number of carbonyl (C=O) groups is 2. The van der Waals surface area contributed by atoms with Crippen molar-refractivity contribution in [3.8, 4) is 0 Å². The summed E-state index contributed by atoms with van der Waals surface area (Å²) in [5.41, 5.74) is 0.840. The van der Waals surface area contributed by atoms with Crippen LogP contribution in [-0.4, -0.2) is 50.5 Å². The molecule has 2 amide bonds. The molecule has 2 aromatic carbocycles. The third kappa shape index (κ3) is 8.31. The molecule has 0 fully saturated rings. The van der Waals surface area contributed by atoms with Gasteiger partial charge in [-0.05, 0) is 37.0 Å². The monoisotopic (exact) mass is 509 g/mol. The van der Waals surface area contributed by atoms with Crippen molar-refractivity contribution in [3.05, 3.63) is 65.7 Å². The highest BCUT2D eigenvalue weighted by Gasteiger charge is 2.28. The summed E-state index contributed by atoms with van der Waals surface area (Å²) in [6.07, 6.45) is 2.24. The Balaban J connectivity index is 2.19. The average Bonchev–Trinajstić information content (AvgIpc) is 2.82. The number of carbonyl (C=O) groups excluding carboxylic acids is 2. The zero-order valence-electron chi connectivity index (χ0n) is 20.3. The van der Waals surface area contributed by atoms with E-state index in [1.54, 1.807) is 0 Å². The second-order valence-electron chi connectivity index (χ2n) is 8.26. The molecule has 2 rings (SSSR count). The summed E-state index contributed by atoms with van der Waals surface area (Å²) in [5, 5.41) is 2.84. The minimum Gasteiger partial charge on any atom is -0.354 e. The molecular weight excluding hydrogens is 476 g/mol. The molecule has 0 aliphatic heterocycles. The first-order valence-corrected chi connectivity index (χ1v) is 13.5. The van der Waals surface area contributed by atoms with Gasteiger partial charge in [-0.25, -0.2) is 17.2 Å². The molecule has 1 atom stereocenters. The molecule has 1 N–H and O–H groups in total. The maximum absolute atomic E-state index is 13.7. The van der Waals surface area contributed by atoms with Crippen molar-refractivity contribution >= 4 is 27.5 Å². The van der Waals surface area contributed by atoms with Crippen LogP contribution in [0.25, 0.3) is 0 Å². The van der Waals surface area contributed by atoms with Crippen molar-refractivity contribution in [2.45, 2.75) is 52.1 Å². The van der Waals surface area contributed by atoms with Gasteiger partial charge in [-0.3, -0.25) is 13.9 Å². The summed E-state index contributed by atoms with van der Waals surface area (Å²) in [7, 11) is -3.80. The highest BCUT2D eigenvalue weighted by molar-refractivity contribution is 7.92. The zero-order valence-corrected chi connectivity index (χ0v) is 21.2. The molecule has 35 heavy (non-hydrogen) atoms. The summed E-state index contributed by atoms with van der Waals surface area (Å²) >= 11 is 0. The molecule has 0 saturated heterocycles. The molecule has 0 aromatic heterocycles. The molecule has 0 spiro atoms. The fourth-order valence-electron chi connectivity index (χ4n) is 3.71. The Bertz CT molecular complexity index is 1100. The van der Waals surface area contributed by atoms with E-state index in [0.29, 0.717) is 13.0 Å². The van der Waals surface area contributed by atoms with Gasteiger partial charge < -0.3 is 10.2 Å². The molecule has 192 valence electrons. The Morgan fingerprint density at radius 2 is 1.71 bits per heavy atom. The minimum atomic E-state index is -3.80. The number of nitrogens with zero attached hydrogens (tertiary/aromatic N) is 2. The summed E-state index contributed by atoms with van der Waals surface area (Å²) < 4.78 is 52.5. The van der Waals surface area contributed by atoms with Gasteiger partial charge in [-0.1, -0.05) is 44.2 Å². The Labute approximate surface area is 206 Å². The van der Waals surface area contributed by atoms with E-state index in [1.807, 2.05) is 44.2 Å². The van der Waals surface area contributed by atoms with Crippen LogP contribution in [0.4, 0.5) is 14.5 Å². The number of hydrogen-bond donors (Lipinski definition) is 1. The minimum absolute atomic E-state index is 0.0228. The summed E-state index contributed by atoms with van der Waals surface area (Å²) in [5.74, 6) is -2.78. The van der Waals surface area contributed by atoms with Crippen LogP contribution < -0.4 is 9.62 Å². The molecule has 0 aliphatic carbocycles. The highest BCUT2D eigenvalue weighted by atomic mass is 32.2. The standard InChI is InChI=1S/C25H33F2N3O4S/c1-4-15-28-25(32)23(5-2)29(18-19-10-7-6-8-11-19)24(31)12-9-16-30(35(3,33)34)20-13-14-21(26)22(27)17-20/h6-8,10-11,13-14,17,23H,4-5,9,12,15-16,18H2,1-3H3,(H,28,32). The largest absolute Gasteiger partial charge is 0.354 e.